The second-order valence-corrected chi connectivity index (χ2v) is 6.82. The molecule has 2 atom stereocenters. The number of piperidine rings is 1. The van der Waals surface area contributed by atoms with Crippen LogP contribution in [0, 0.1) is 11.8 Å². The summed E-state index contributed by atoms with van der Waals surface area (Å²) in [7, 11) is 1.53. The highest BCUT2D eigenvalue weighted by Gasteiger charge is 2.32. The monoisotopic (exact) mass is 330 g/mol. The van der Waals surface area contributed by atoms with E-state index >= 15 is 0 Å². The van der Waals surface area contributed by atoms with Crippen LogP contribution in [0.3, 0.4) is 0 Å². The Bertz CT molecular complexity index is 602. The van der Waals surface area contributed by atoms with Gasteiger partial charge in [-0.05, 0) is 36.8 Å². The summed E-state index contributed by atoms with van der Waals surface area (Å²) in [5.41, 5.74) is 0.457. The van der Waals surface area contributed by atoms with Crippen LogP contribution in [-0.4, -0.2) is 43.5 Å². The molecule has 2 aliphatic rings. The van der Waals surface area contributed by atoms with Crippen molar-refractivity contribution in [2.24, 2.45) is 11.8 Å². The first-order chi connectivity index (χ1) is 11.7. The van der Waals surface area contributed by atoms with Gasteiger partial charge in [0.25, 0.3) is 5.91 Å². The van der Waals surface area contributed by atoms with Crippen molar-refractivity contribution < 1.29 is 14.3 Å². The number of benzene rings is 1. The number of fused-ring (bicyclic) bond motifs is 1. The van der Waals surface area contributed by atoms with Crippen molar-refractivity contribution in [2.75, 3.05) is 26.7 Å². The second kappa shape index (κ2) is 7.69. The molecule has 1 N–H and O–H groups in total. The molecule has 1 aliphatic carbocycles. The highest BCUT2D eigenvalue weighted by atomic mass is 16.5. The maximum absolute atomic E-state index is 12.4. The lowest BCUT2D eigenvalue weighted by atomic mass is 9.75. The summed E-state index contributed by atoms with van der Waals surface area (Å²) in [6.07, 6.45) is 6.29. The highest BCUT2D eigenvalue weighted by Crippen LogP contribution is 2.35. The van der Waals surface area contributed by atoms with Gasteiger partial charge in [-0.25, -0.2) is 0 Å². The number of hydrogen-bond acceptors (Lipinski definition) is 3. The SMILES string of the molecule is COc1ccccc1C(=O)NCC(=O)N1CC[C@@H]2CCCC[C@H]2C1. The third-order valence-corrected chi connectivity index (χ3v) is 5.40. The minimum absolute atomic E-state index is 0.0160. The van der Waals surface area contributed by atoms with Crippen LogP contribution in [0.2, 0.25) is 0 Å². The van der Waals surface area contributed by atoms with Crippen LogP contribution >= 0.6 is 0 Å². The van der Waals surface area contributed by atoms with Gasteiger partial charge in [0.2, 0.25) is 5.91 Å². The molecule has 2 amide bonds. The molecule has 1 aromatic rings. The zero-order valence-corrected chi connectivity index (χ0v) is 14.3. The highest BCUT2D eigenvalue weighted by molar-refractivity contribution is 5.98. The Labute approximate surface area is 143 Å². The molecule has 0 unspecified atom stereocenters. The van der Waals surface area contributed by atoms with Gasteiger partial charge in [-0.2, -0.15) is 0 Å². The average molecular weight is 330 g/mol. The van der Waals surface area contributed by atoms with Crippen molar-refractivity contribution in [1.29, 1.82) is 0 Å². The van der Waals surface area contributed by atoms with E-state index in [0.717, 1.165) is 25.4 Å². The summed E-state index contributed by atoms with van der Waals surface area (Å²) in [6.45, 7) is 1.73. The van der Waals surface area contributed by atoms with Crippen LogP contribution in [0.1, 0.15) is 42.5 Å². The number of amides is 2. The average Bonchev–Trinajstić information content (AvgIpc) is 2.65. The van der Waals surface area contributed by atoms with Gasteiger partial charge in [0, 0.05) is 13.1 Å². The Balaban J connectivity index is 1.53. The van der Waals surface area contributed by atoms with Crippen LogP contribution in [-0.2, 0) is 4.79 Å². The standard InChI is InChI=1S/C19H26N2O3/c1-24-17-9-5-4-8-16(17)19(23)20-12-18(22)21-11-10-14-6-2-3-7-15(14)13-21/h4-5,8-9,14-15H,2-3,6-7,10-13H2,1H3,(H,20,23)/t14-,15-/m0/s1. The van der Waals surface area contributed by atoms with Crippen LogP contribution in [0.5, 0.6) is 5.75 Å². The maximum atomic E-state index is 12.4. The zero-order valence-electron chi connectivity index (χ0n) is 14.3. The van der Waals surface area contributed by atoms with E-state index in [-0.39, 0.29) is 18.4 Å². The number of carbonyl (C=O) groups excluding carboxylic acids is 2. The fourth-order valence-electron chi connectivity index (χ4n) is 4.02. The van der Waals surface area contributed by atoms with Crippen molar-refractivity contribution >= 4 is 11.8 Å². The van der Waals surface area contributed by atoms with Crippen molar-refractivity contribution in [2.45, 2.75) is 32.1 Å². The van der Waals surface area contributed by atoms with Gasteiger partial charge in [-0.15, -0.1) is 0 Å². The topological polar surface area (TPSA) is 58.6 Å². The third-order valence-electron chi connectivity index (χ3n) is 5.40. The van der Waals surface area contributed by atoms with Crippen LogP contribution in [0.4, 0.5) is 0 Å². The van der Waals surface area contributed by atoms with Crippen molar-refractivity contribution in [1.82, 2.24) is 10.2 Å². The van der Waals surface area contributed by atoms with Crippen molar-refractivity contribution in [3.8, 4) is 5.75 Å². The molecule has 130 valence electrons. The number of carbonyl (C=O) groups is 2. The molecule has 0 bridgehead atoms. The molecule has 1 aliphatic heterocycles. The quantitative estimate of drug-likeness (QED) is 0.922. The first kappa shape index (κ1) is 16.8. The van der Waals surface area contributed by atoms with Gasteiger partial charge in [0.15, 0.2) is 0 Å². The molecule has 1 heterocycles. The number of rotatable bonds is 4. The van der Waals surface area contributed by atoms with Gasteiger partial charge < -0.3 is 15.0 Å². The summed E-state index contributed by atoms with van der Waals surface area (Å²) >= 11 is 0. The number of methoxy groups -OCH3 is 1. The lowest BCUT2D eigenvalue weighted by molar-refractivity contribution is -0.133. The molecule has 1 aromatic carbocycles. The summed E-state index contributed by atoms with van der Waals surface area (Å²) < 4.78 is 5.19. The lowest BCUT2D eigenvalue weighted by Gasteiger charge is -2.41. The smallest absolute Gasteiger partial charge is 0.255 e. The Morgan fingerprint density at radius 2 is 1.92 bits per heavy atom. The number of nitrogens with zero attached hydrogens (tertiary/aromatic N) is 1. The van der Waals surface area contributed by atoms with E-state index in [4.69, 9.17) is 4.74 Å². The summed E-state index contributed by atoms with van der Waals surface area (Å²) in [6, 6.07) is 7.04. The fourth-order valence-corrected chi connectivity index (χ4v) is 4.02. The van der Waals surface area contributed by atoms with Gasteiger partial charge in [-0.3, -0.25) is 9.59 Å². The Morgan fingerprint density at radius 1 is 1.17 bits per heavy atom. The minimum Gasteiger partial charge on any atom is -0.496 e. The third kappa shape index (κ3) is 3.71. The van der Waals surface area contributed by atoms with Crippen LogP contribution in [0.15, 0.2) is 24.3 Å². The maximum Gasteiger partial charge on any atom is 0.255 e. The number of nitrogens with one attached hydrogen (secondary N) is 1. The van der Waals surface area contributed by atoms with Gasteiger partial charge in [0.05, 0.1) is 19.2 Å². The molecule has 3 rings (SSSR count). The molecule has 1 saturated heterocycles. The predicted octanol–water partition coefficient (Wildman–Crippen LogP) is 2.46. The molecule has 5 heteroatoms. The minimum atomic E-state index is -0.270. The van der Waals surface area contributed by atoms with Crippen LogP contribution < -0.4 is 10.1 Å². The number of hydrogen-bond donors (Lipinski definition) is 1. The van der Waals surface area contributed by atoms with E-state index < -0.39 is 0 Å². The normalized spacial score (nSPS) is 23.3. The van der Waals surface area contributed by atoms with E-state index in [2.05, 4.69) is 5.32 Å². The molecular weight excluding hydrogens is 304 g/mol. The van der Waals surface area contributed by atoms with E-state index in [0.29, 0.717) is 17.2 Å². The molecular formula is C19H26N2O3. The number of likely N-dealkylation sites (tertiary alicyclic amines) is 1. The number of ether oxygens (including phenoxy) is 1. The summed E-state index contributed by atoms with van der Waals surface area (Å²) in [5.74, 6) is 1.72. The fraction of sp³-hybridized carbons (Fsp3) is 0.579. The molecule has 2 fully saturated rings. The molecule has 0 radical (unpaired) electrons. The molecule has 5 nitrogen and oxygen atoms in total. The van der Waals surface area contributed by atoms with E-state index in [9.17, 15) is 9.59 Å². The Kier molecular flexibility index (Phi) is 5.38. The lowest BCUT2D eigenvalue weighted by Crippen LogP contribution is -2.48. The van der Waals surface area contributed by atoms with E-state index in [1.807, 2.05) is 11.0 Å². The number of para-hydroxylation sites is 1. The molecule has 24 heavy (non-hydrogen) atoms. The molecule has 1 saturated carbocycles. The summed E-state index contributed by atoms with van der Waals surface area (Å²) in [5, 5.41) is 2.73. The predicted molar refractivity (Wildman–Crippen MR) is 92.0 cm³/mol. The summed E-state index contributed by atoms with van der Waals surface area (Å²) in [4.78, 5) is 26.6. The molecule has 0 spiro atoms. The zero-order chi connectivity index (χ0) is 16.9. The second-order valence-electron chi connectivity index (χ2n) is 6.82. The molecule has 0 aromatic heterocycles. The van der Waals surface area contributed by atoms with Gasteiger partial charge in [-0.1, -0.05) is 31.4 Å². The van der Waals surface area contributed by atoms with Crippen molar-refractivity contribution in [3.63, 3.8) is 0 Å². The van der Waals surface area contributed by atoms with Crippen LogP contribution in [0.25, 0.3) is 0 Å². The van der Waals surface area contributed by atoms with E-state index in [1.54, 1.807) is 18.2 Å². The Morgan fingerprint density at radius 3 is 2.71 bits per heavy atom. The van der Waals surface area contributed by atoms with Gasteiger partial charge in [0.1, 0.15) is 5.75 Å². The largest absolute Gasteiger partial charge is 0.496 e. The van der Waals surface area contributed by atoms with E-state index in [1.165, 1.54) is 32.8 Å². The first-order valence-corrected chi connectivity index (χ1v) is 8.88. The first-order valence-electron chi connectivity index (χ1n) is 8.88. The van der Waals surface area contributed by atoms with Crippen molar-refractivity contribution in [3.05, 3.63) is 29.8 Å². The van der Waals surface area contributed by atoms with Gasteiger partial charge >= 0.3 is 0 Å². The Hall–Kier alpha value is -2.04.